The Hall–Kier alpha value is -0.790. The summed E-state index contributed by atoms with van der Waals surface area (Å²) < 4.78 is 5.62. The molecule has 0 bridgehead atoms. The van der Waals surface area contributed by atoms with Gasteiger partial charge in [-0.25, -0.2) is 0 Å². The zero-order chi connectivity index (χ0) is 20.8. The molecule has 0 aromatic carbocycles. The minimum atomic E-state index is -0.263. The number of nitrogens with zero attached hydrogens (tertiary/aromatic N) is 2. The van der Waals surface area contributed by atoms with Crippen molar-refractivity contribution in [3.8, 4) is 6.07 Å². The topological polar surface area (TPSA) is 53.3 Å². The van der Waals surface area contributed by atoms with Crippen molar-refractivity contribution in [2.45, 2.75) is 83.8 Å². The molecular formula is C24H37ClN2O2. The number of alkyl halides is 1. The fourth-order valence-corrected chi connectivity index (χ4v) is 8.52. The van der Waals surface area contributed by atoms with Gasteiger partial charge in [0.05, 0.1) is 12.6 Å². The lowest BCUT2D eigenvalue weighted by Gasteiger charge is -2.61. The van der Waals surface area contributed by atoms with E-state index >= 15 is 0 Å². The lowest BCUT2D eigenvalue weighted by molar-refractivity contribution is -0.159. The van der Waals surface area contributed by atoms with Gasteiger partial charge in [-0.3, -0.25) is 9.69 Å². The third-order valence-electron chi connectivity index (χ3n) is 9.83. The zero-order valence-corrected chi connectivity index (χ0v) is 19.1. The standard InChI is InChI=1S/C24H37ClN2O2/c1-23-10-8-17(29-22(28)15-25)14-16(23)4-5-18-19-6-7-21(27(3)13-12-26)24(19,2)11-9-20(18)23/h16-21H,4-11,13-15H2,1-3H3/t16-,17+,18-,19+,20-,21-,23-,24-/m0/s1. The van der Waals surface area contributed by atoms with Crippen LogP contribution in [0.4, 0.5) is 0 Å². The third kappa shape index (κ3) is 3.51. The second-order valence-electron chi connectivity index (χ2n) is 10.9. The van der Waals surface area contributed by atoms with E-state index in [0.29, 0.717) is 29.3 Å². The maximum Gasteiger partial charge on any atom is 0.321 e. The van der Waals surface area contributed by atoms with Crippen molar-refractivity contribution in [2.75, 3.05) is 19.5 Å². The lowest BCUT2D eigenvalue weighted by Crippen LogP contribution is -2.56. The zero-order valence-electron chi connectivity index (χ0n) is 18.3. The smallest absolute Gasteiger partial charge is 0.321 e. The average molecular weight is 421 g/mol. The van der Waals surface area contributed by atoms with Gasteiger partial charge in [0.25, 0.3) is 0 Å². The number of carbonyl (C=O) groups is 1. The van der Waals surface area contributed by atoms with Crippen LogP contribution in [0, 0.1) is 45.8 Å². The van der Waals surface area contributed by atoms with Gasteiger partial charge in [0.1, 0.15) is 12.0 Å². The van der Waals surface area contributed by atoms with E-state index in [2.05, 4.69) is 31.9 Å². The fourth-order valence-electron chi connectivity index (χ4n) is 8.46. The van der Waals surface area contributed by atoms with Gasteiger partial charge in [-0.15, -0.1) is 11.6 Å². The summed E-state index contributed by atoms with van der Waals surface area (Å²) >= 11 is 5.65. The van der Waals surface area contributed by atoms with E-state index in [-0.39, 0.29) is 18.0 Å². The van der Waals surface area contributed by atoms with Gasteiger partial charge in [0.15, 0.2) is 0 Å². The molecule has 0 N–H and O–H groups in total. The van der Waals surface area contributed by atoms with Crippen molar-refractivity contribution in [1.29, 1.82) is 5.26 Å². The normalized spacial score (nSPS) is 46.3. The summed E-state index contributed by atoms with van der Waals surface area (Å²) in [6.45, 7) is 5.62. The first-order chi connectivity index (χ1) is 13.8. The first-order valence-corrected chi connectivity index (χ1v) is 12.2. The molecule has 4 rings (SSSR count). The van der Waals surface area contributed by atoms with Crippen LogP contribution in [0.5, 0.6) is 0 Å². The Labute approximate surface area is 181 Å². The van der Waals surface area contributed by atoms with Crippen LogP contribution in [0.25, 0.3) is 0 Å². The highest BCUT2D eigenvalue weighted by Crippen LogP contribution is 2.66. The number of hydrogen-bond donors (Lipinski definition) is 0. The minimum absolute atomic E-state index is 0.0369. The second-order valence-corrected chi connectivity index (χ2v) is 11.2. The number of esters is 1. The molecule has 4 saturated carbocycles. The molecule has 29 heavy (non-hydrogen) atoms. The molecule has 4 aliphatic rings. The van der Waals surface area contributed by atoms with Crippen LogP contribution in [0.2, 0.25) is 0 Å². The first-order valence-electron chi connectivity index (χ1n) is 11.7. The molecule has 0 spiro atoms. The molecule has 4 fully saturated rings. The van der Waals surface area contributed by atoms with E-state index in [1.54, 1.807) is 0 Å². The molecule has 162 valence electrons. The van der Waals surface area contributed by atoms with E-state index in [9.17, 15) is 10.1 Å². The molecular weight excluding hydrogens is 384 g/mol. The highest BCUT2D eigenvalue weighted by Gasteiger charge is 2.60. The Bertz CT molecular complexity index is 678. The van der Waals surface area contributed by atoms with Crippen LogP contribution in [0.15, 0.2) is 0 Å². The number of halogens is 1. The second kappa shape index (κ2) is 8.04. The summed E-state index contributed by atoms with van der Waals surface area (Å²) in [7, 11) is 2.15. The fraction of sp³-hybridized carbons (Fsp3) is 0.917. The van der Waals surface area contributed by atoms with Crippen LogP contribution in [0.1, 0.15) is 71.6 Å². The Morgan fingerprint density at radius 3 is 2.55 bits per heavy atom. The highest BCUT2D eigenvalue weighted by atomic mass is 35.5. The van der Waals surface area contributed by atoms with Crippen LogP contribution < -0.4 is 0 Å². The molecule has 4 nitrogen and oxygen atoms in total. The summed E-state index contributed by atoms with van der Waals surface area (Å²) in [5.74, 6) is 2.82. The summed E-state index contributed by atoms with van der Waals surface area (Å²) in [5.41, 5.74) is 0.758. The van der Waals surface area contributed by atoms with Crippen LogP contribution >= 0.6 is 11.6 Å². The molecule has 0 heterocycles. The van der Waals surface area contributed by atoms with Gasteiger partial charge < -0.3 is 4.74 Å². The van der Waals surface area contributed by atoms with Crippen molar-refractivity contribution < 1.29 is 9.53 Å². The van der Waals surface area contributed by atoms with Gasteiger partial charge in [-0.2, -0.15) is 5.26 Å². The molecule has 8 atom stereocenters. The van der Waals surface area contributed by atoms with E-state index in [4.69, 9.17) is 16.3 Å². The quantitative estimate of drug-likeness (QED) is 0.364. The maximum absolute atomic E-state index is 11.7. The van der Waals surface area contributed by atoms with Gasteiger partial charge in [0, 0.05) is 6.04 Å². The monoisotopic (exact) mass is 420 g/mol. The van der Waals surface area contributed by atoms with Gasteiger partial charge in [0.2, 0.25) is 0 Å². The summed E-state index contributed by atoms with van der Waals surface area (Å²) in [4.78, 5) is 14.0. The first kappa shape index (κ1) is 21.4. The van der Waals surface area contributed by atoms with E-state index in [0.717, 1.165) is 30.6 Å². The van der Waals surface area contributed by atoms with E-state index in [1.165, 1.54) is 44.9 Å². The summed E-state index contributed by atoms with van der Waals surface area (Å²) in [6, 6.07) is 2.92. The molecule has 0 unspecified atom stereocenters. The van der Waals surface area contributed by atoms with Crippen molar-refractivity contribution in [3.63, 3.8) is 0 Å². The SMILES string of the molecule is CN(CC#N)[C@H]1CC[C@@H]2[C@@H]3CC[C@H]4C[C@H](OC(=O)CCl)CC[C@]4(C)[C@H]3CC[C@@]21C. The molecule has 5 heteroatoms. The number of fused-ring (bicyclic) bond motifs is 5. The number of rotatable bonds is 4. The predicted octanol–water partition coefficient (Wildman–Crippen LogP) is 5.00. The molecule has 0 saturated heterocycles. The minimum Gasteiger partial charge on any atom is -0.461 e. The van der Waals surface area contributed by atoms with Crippen molar-refractivity contribution >= 4 is 17.6 Å². The Balaban J connectivity index is 1.49. The van der Waals surface area contributed by atoms with Gasteiger partial charge in [-0.05, 0) is 99.3 Å². The molecule has 0 aromatic rings. The maximum atomic E-state index is 11.7. The molecule has 0 aromatic heterocycles. The largest absolute Gasteiger partial charge is 0.461 e. The third-order valence-corrected chi connectivity index (χ3v) is 10.0. The lowest BCUT2D eigenvalue weighted by atomic mass is 9.45. The number of carbonyl (C=O) groups excluding carboxylic acids is 1. The van der Waals surface area contributed by atoms with Crippen molar-refractivity contribution in [2.24, 2.45) is 34.5 Å². The van der Waals surface area contributed by atoms with Crippen LogP contribution in [-0.4, -0.2) is 42.5 Å². The van der Waals surface area contributed by atoms with Crippen molar-refractivity contribution in [1.82, 2.24) is 4.90 Å². The Morgan fingerprint density at radius 1 is 1.10 bits per heavy atom. The molecule has 0 aliphatic heterocycles. The molecule has 4 aliphatic carbocycles. The Morgan fingerprint density at radius 2 is 1.83 bits per heavy atom. The van der Waals surface area contributed by atoms with Crippen molar-refractivity contribution in [3.05, 3.63) is 0 Å². The molecule has 0 amide bonds. The Kier molecular flexibility index (Phi) is 5.95. The molecule has 0 radical (unpaired) electrons. The number of hydrogen-bond acceptors (Lipinski definition) is 4. The summed E-state index contributed by atoms with van der Waals surface area (Å²) in [5, 5.41) is 9.19. The van der Waals surface area contributed by atoms with Gasteiger partial charge >= 0.3 is 5.97 Å². The van der Waals surface area contributed by atoms with Crippen LogP contribution in [-0.2, 0) is 9.53 Å². The van der Waals surface area contributed by atoms with Crippen LogP contribution in [0.3, 0.4) is 0 Å². The van der Waals surface area contributed by atoms with E-state index < -0.39 is 0 Å². The predicted molar refractivity (Wildman–Crippen MR) is 114 cm³/mol. The number of ether oxygens (including phenoxy) is 1. The highest BCUT2D eigenvalue weighted by molar-refractivity contribution is 6.26. The van der Waals surface area contributed by atoms with E-state index in [1.807, 2.05) is 0 Å². The average Bonchev–Trinajstić information content (AvgIpc) is 3.05. The summed E-state index contributed by atoms with van der Waals surface area (Å²) in [6.07, 6.45) is 11.1. The van der Waals surface area contributed by atoms with Gasteiger partial charge in [-0.1, -0.05) is 13.8 Å². The number of nitriles is 1.